The molecule has 34 heavy (non-hydrogen) atoms. The molecule has 0 bridgehead atoms. The summed E-state index contributed by atoms with van der Waals surface area (Å²) >= 11 is 7.44. The van der Waals surface area contributed by atoms with Crippen molar-refractivity contribution >= 4 is 46.0 Å². The monoisotopic (exact) mass is 484 g/mol. The standard InChI is InChI=1S/C27H21ClN4OS/c28-21-13-10-19(11-14-21)17-32(22-6-2-1-3-7-22)26(33)18-34-25-15-12-20(16-29-25)27-30-23-8-4-5-9-24(23)31-27/h1-16H,17-18H2,(H,30,31). The van der Waals surface area contributed by atoms with Gasteiger partial charge in [0.1, 0.15) is 5.82 Å². The summed E-state index contributed by atoms with van der Waals surface area (Å²) in [6.07, 6.45) is 1.78. The summed E-state index contributed by atoms with van der Waals surface area (Å²) in [5.74, 6) is 1.06. The van der Waals surface area contributed by atoms with E-state index in [1.165, 1.54) is 11.8 Å². The van der Waals surface area contributed by atoms with Crippen molar-refractivity contribution in [3.05, 3.63) is 108 Å². The van der Waals surface area contributed by atoms with Crippen LogP contribution in [0, 0.1) is 0 Å². The van der Waals surface area contributed by atoms with Crippen LogP contribution in [0.15, 0.2) is 102 Å². The number of amides is 1. The molecule has 0 atom stereocenters. The molecule has 5 nitrogen and oxygen atoms in total. The number of thioether (sulfide) groups is 1. The summed E-state index contributed by atoms with van der Waals surface area (Å²) in [5.41, 5.74) is 4.68. The summed E-state index contributed by atoms with van der Waals surface area (Å²) in [5, 5.41) is 1.46. The number of nitrogens with one attached hydrogen (secondary N) is 1. The minimum Gasteiger partial charge on any atom is -0.338 e. The minimum atomic E-state index is 0.00862. The molecule has 5 rings (SSSR count). The molecule has 0 saturated carbocycles. The highest BCUT2D eigenvalue weighted by molar-refractivity contribution is 7.99. The number of aromatic amines is 1. The second kappa shape index (κ2) is 10.1. The van der Waals surface area contributed by atoms with Crippen molar-refractivity contribution in [3.8, 4) is 11.4 Å². The van der Waals surface area contributed by atoms with E-state index >= 15 is 0 Å². The fraction of sp³-hybridized carbons (Fsp3) is 0.0741. The van der Waals surface area contributed by atoms with Gasteiger partial charge in [-0.05, 0) is 54.1 Å². The van der Waals surface area contributed by atoms with Crippen LogP contribution < -0.4 is 4.90 Å². The van der Waals surface area contributed by atoms with Crippen molar-refractivity contribution in [2.45, 2.75) is 11.6 Å². The Morgan fingerprint density at radius 3 is 2.41 bits per heavy atom. The number of pyridine rings is 1. The van der Waals surface area contributed by atoms with Gasteiger partial charge in [0.05, 0.1) is 28.4 Å². The molecule has 0 aliphatic carbocycles. The Hall–Kier alpha value is -3.61. The number of carbonyl (C=O) groups excluding carboxylic acids is 1. The van der Waals surface area contributed by atoms with E-state index < -0.39 is 0 Å². The lowest BCUT2D eigenvalue weighted by atomic mass is 10.2. The summed E-state index contributed by atoms with van der Waals surface area (Å²) in [7, 11) is 0. The molecular formula is C27H21ClN4OS. The van der Waals surface area contributed by atoms with Crippen LogP contribution in [0.25, 0.3) is 22.4 Å². The SMILES string of the molecule is O=C(CSc1ccc(-c2nc3ccccc3[nH]2)cn1)N(Cc1ccc(Cl)cc1)c1ccccc1. The van der Waals surface area contributed by atoms with E-state index in [1.54, 1.807) is 11.1 Å². The fourth-order valence-electron chi connectivity index (χ4n) is 3.61. The topological polar surface area (TPSA) is 61.9 Å². The first kappa shape index (κ1) is 22.2. The van der Waals surface area contributed by atoms with Gasteiger partial charge in [-0.25, -0.2) is 9.97 Å². The Bertz CT molecular complexity index is 1370. The molecule has 0 saturated heterocycles. The molecule has 0 aliphatic rings. The lowest BCUT2D eigenvalue weighted by Gasteiger charge is -2.23. The third kappa shape index (κ3) is 5.14. The fourth-order valence-corrected chi connectivity index (χ4v) is 4.46. The molecule has 7 heteroatoms. The molecule has 1 N–H and O–H groups in total. The highest BCUT2D eigenvalue weighted by Crippen LogP contribution is 2.24. The molecule has 5 aromatic rings. The van der Waals surface area contributed by atoms with Crippen LogP contribution in [0.2, 0.25) is 5.02 Å². The zero-order valence-electron chi connectivity index (χ0n) is 18.2. The number of hydrogen-bond acceptors (Lipinski definition) is 4. The van der Waals surface area contributed by atoms with E-state index in [2.05, 4.69) is 15.0 Å². The highest BCUT2D eigenvalue weighted by Gasteiger charge is 2.17. The van der Waals surface area contributed by atoms with Gasteiger partial charge in [0.25, 0.3) is 0 Å². The molecule has 0 unspecified atom stereocenters. The van der Waals surface area contributed by atoms with E-state index in [0.717, 1.165) is 38.7 Å². The number of nitrogens with zero attached hydrogens (tertiary/aromatic N) is 3. The maximum atomic E-state index is 13.2. The second-order valence-electron chi connectivity index (χ2n) is 7.72. The predicted octanol–water partition coefficient (Wildman–Crippen LogP) is 6.60. The van der Waals surface area contributed by atoms with Crippen LogP contribution in [0.3, 0.4) is 0 Å². The van der Waals surface area contributed by atoms with Gasteiger partial charge in [-0.15, -0.1) is 0 Å². The number of hydrogen-bond donors (Lipinski definition) is 1. The van der Waals surface area contributed by atoms with Crippen molar-refractivity contribution in [2.75, 3.05) is 10.7 Å². The molecule has 0 radical (unpaired) electrons. The van der Waals surface area contributed by atoms with Gasteiger partial charge >= 0.3 is 0 Å². The van der Waals surface area contributed by atoms with Gasteiger partial charge in [-0.1, -0.05) is 65.8 Å². The van der Waals surface area contributed by atoms with Gasteiger partial charge < -0.3 is 9.88 Å². The van der Waals surface area contributed by atoms with Gasteiger partial charge in [0, 0.05) is 22.5 Å². The average Bonchev–Trinajstić information content (AvgIpc) is 3.32. The summed E-state index contributed by atoms with van der Waals surface area (Å²) in [6.45, 7) is 0.471. The lowest BCUT2D eigenvalue weighted by Crippen LogP contribution is -2.31. The number of aromatic nitrogens is 3. The molecule has 0 aliphatic heterocycles. The number of halogens is 1. The normalized spacial score (nSPS) is 11.0. The molecule has 3 aromatic carbocycles. The Morgan fingerprint density at radius 1 is 0.912 bits per heavy atom. The smallest absolute Gasteiger partial charge is 0.237 e. The molecule has 2 heterocycles. The first-order valence-corrected chi connectivity index (χ1v) is 12.2. The van der Waals surface area contributed by atoms with E-state index in [0.29, 0.717) is 11.6 Å². The van der Waals surface area contributed by atoms with E-state index in [9.17, 15) is 4.79 Å². The quantitative estimate of drug-likeness (QED) is 0.264. The number of fused-ring (bicyclic) bond motifs is 1. The zero-order chi connectivity index (χ0) is 23.3. The highest BCUT2D eigenvalue weighted by atomic mass is 35.5. The van der Waals surface area contributed by atoms with Crippen LogP contribution in [-0.2, 0) is 11.3 Å². The summed E-state index contributed by atoms with van der Waals surface area (Å²) in [6, 6.07) is 29.1. The van der Waals surface area contributed by atoms with Crippen molar-refractivity contribution in [2.24, 2.45) is 0 Å². The number of carbonyl (C=O) groups is 1. The zero-order valence-corrected chi connectivity index (χ0v) is 19.8. The van der Waals surface area contributed by atoms with Crippen molar-refractivity contribution in [1.29, 1.82) is 0 Å². The van der Waals surface area contributed by atoms with Crippen molar-refractivity contribution < 1.29 is 4.79 Å². The van der Waals surface area contributed by atoms with Gasteiger partial charge in [-0.2, -0.15) is 0 Å². The van der Waals surface area contributed by atoms with Crippen molar-refractivity contribution in [3.63, 3.8) is 0 Å². The molecule has 168 valence electrons. The number of rotatable bonds is 7. The van der Waals surface area contributed by atoms with E-state index in [4.69, 9.17) is 11.6 Å². The van der Waals surface area contributed by atoms with Gasteiger partial charge in [0.15, 0.2) is 0 Å². The number of imidazole rings is 1. The van der Waals surface area contributed by atoms with Gasteiger partial charge in [-0.3, -0.25) is 4.79 Å². The first-order valence-electron chi connectivity index (χ1n) is 10.8. The Balaban J connectivity index is 1.28. The lowest BCUT2D eigenvalue weighted by molar-refractivity contribution is -0.116. The number of para-hydroxylation sites is 3. The largest absolute Gasteiger partial charge is 0.338 e. The molecular weight excluding hydrogens is 464 g/mol. The van der Waals surface area contributed by atoms with Crippen LogP contribution in [0.4, 0.5) is 5.69 Å². The molecule has 0 spiro atoms. The first-order chi connectivity index (χ1) is 16.7. The third-order valence-corrected chi connectivity index (χ3v) is 6.55. The maximum Gasteiger partial charge on any atom is 0.237 e. The van der Waals surface area contributed by atoms with Crippen LogP contribution in [-0.4, -0.2) is 26.6 Å². The van der Waals surface area contributed by atoms with Crippen LogP contribution in [0.1, 0.15) is 5.56 Å². The number of anilines is 1. The van der Waals surface area contributed by atoms with Crippen LogP contribution >= 0.6 is 23.4 Å². The average molecular weight is 485 g/mol. The molecule has 1 amide bonds. The summed E-state index contributed by atoms with van der Waals surface area (Å²) in [4.78, 5) is 27.5. The van der Waals surface area contributed by atoms with E-state index in [-0.39, 0.29) is 11.7 Å². The Kier molecular flexibility index (Phi) is 6.60. The van der Waals surface area contributed by atoms with E-state index in [1.807, 2.05) is 91.0 Å². The number of H-pyrrole nitrogens is 1. The van der Waals surface area contributed by atoms with Crippen molar-refractivity contribution in [1.82, 2.24) is 15.0 Å². The molecule has 2 aromatic heterocycles. The van der Waals surface area contributed by atoms with Gasteiger partial charge in [0.2, 0.25) is 5.91 Å². The van der Waals surface area contributed by atoms with Crippen LogP contribution in [0.5, 0.6) is 0 Å². The minimum absolute atomic E-state index is 0.00862. The molecule has 0 fully saturated rings. The predicted molar refractivity (Wildman–Crippen MR) is 139 cm³/mol. The second-order valence-corrected chi connectivity index (χ2v) is 9.15. The Morgan fingerprint density at radius 2 is 1.68 bits per heavy atom. The third-order valence-electron chi connectivity index (χ3n) is 5.37. The Labute approximate surface area is 206 Å². The summed E-state index contributed by atoms with van der Waals surface area (Å²) < 4.78 is 0. The number of benzene rings is 3. The maximum absolute atomic E-state index is 13.2.